The minimum Gasteiger partial charge on any atom is -0.244 e. The Morgan fingerprint density at radius 3 is 2.12 bits per heavy atom. The van der Waals surface area contributed by atoms with Gasteiger partial charge in [0, 0.05) is 16.8 Å². The Morgan fingerprint density at radius 1 is 0.917 bits per heavy atom. The van der Waals surface area contributed by atoms with Crippen molar-refractivity contribution < 1.29 is 8.42 Å². The van der Waals surface area contributed by atoms with Gasteiger partial charge in [0.25, 0.3) is 0 Å². The molecular formula is C18H19Cl2NO2S. The van der Waals surface area contributed by atoms with Crippen LogP contribution in [0, 0.1) is 0 Å². The van der Waals surface area contributed by atoms with E-state index in [9.17, 15) is 8.42 Å². The molecule has 0 atom stereocenters. The first-order valence-corrected chi connectivity index (χ1v) is 10.3. The van der Waals surface area contributed by atoms with Gasteiger partial charge in [0.05, 0.1) is 4.90 Å². The number of halogens is 2. The molecular weight excluding hydrogens is 365 g/mol. The van der Waals surface area contributed by atoms with E-state index >= 15 is 0 Å². The van der Waals surface area contributed by atoms with Crippen molar-refractivity contribution in [2.75, 3.05) is 0 Å². The molecule has 0 amide bonds. The molecule has 0 saturated heterocycles. The third kappa shape index (κ3) is 3.07. The second kappa shape index (κ2) is 7.03. The van der Waals surface area contributed by atoms with E-state index in [2.05, 4.69) is 4.98 Å². The summed E-state index contributed by atoms with van der Waals surface area (Å²) >= 11 is 12.2. The molecule has 0 radical (unpaired) electrons. The third-order valence-corrected chi connectivity index (χ3v) is 7.90. The van der Waals surface area contributed by atoms with E-state index < -0.39 is 14.6 Å². The maximum absolute atomic E-state index is 13.6. The minimum absolute atomic E-state index is 0.275. The van der Waals surface area contributed by atoms with Gasteiger partial charge >= 0.3 is 0 Å². The van der Waals surface area contributed by atoms with E-state index in [4.69, 9.17) is 23.2 Å². The van der Waals surface area contributed by atoms with Crippen LogP contribution in [0.5, 0.6) is 0 Å². The molecule has 1 aromatic carbocycles. The van der Waals surface area contributed by atoms with Gasteiger partial charge in [-0.3, -0.25) is 0 Å². The molecule has 3 nitrogen and oxygen atoms in total. The average Bonchev–Trinajstić information content (AvgIpc) is 2.83. The lowest BCUT2D eigenvalue weighted by molar-refractivity contribution is 0.470. The molecule has 6 heteroatoms. The fourth-order valence-corrected chi connectivity index (χ4v) is 6.26. The van der Waals surface area contributed by atoms with Gasteiger partial charge in [-0.25, -0.2) is 13.4 Å². The fraction of sp³-hybridized carbons (Fsp3) is 0.389. The van der Waals surface area contributed by atoms with E-state index in [0.717, 1.165) is 25.7 Å². The van der Waals surface area contributed by atoms with Gasteiger partial charge in [-0.2, -0.15) is 0 Å². The number of sulfone groups is 1. The number of aromatic nitrogens is 1. The van der Waals surface area contributed by atoms with Crippen molar-refractivity contribution in [3.63, 3.8) is 0 Å². The second-order valence-electron chi connectivity index (χ2n) is 6.21. The molecule has 0 aliphatic heterocycles. The van der Waals surface area contributed by atoms with Crippen LogP contribution in [0.15, 0.2) is 47.5 Å². The van der Waals surface area contributed by atoms with E-state index in [0.29, 0.717) is 23.4 Å². The number of hydrogen-bond acceptors (Lipinski definition) is 3. The largest absolute Gasteiger partial charge is 0.244 e. The van der Waals surface area contributed by atoms with E-state index in [-0.39, 0.29) is 10.0 Å². The van der Waals surface area contributed by atoms with Crippen molar-refractivity contribution in [1.82, 2.24) is 4.98 Å². The predicted molar refractivity (Wildman–Crippen MR) is 97.3 cm³/mol. The summed E-state index contributed by atoms with van der Waals surface area (Å²) < 4.78 is 26.2. The van der Waals surface area contributed by atoms with Crippen LogP contribution in [0.3, 0.4) is 0 Å². The van der Waals surface area contributed by atoms with Gasteiger partial charge in [-0.05, 0) is 43.2 Å². The summed E-state index contributed by atoms with van der Waals surface area (Å²) in [5.74, 6) is 0. The number of pyridine rings is 1. The second-order valence-corrected chi connectivity index (χ2v) is 9.26. The first-order chi connectivity index (χ1) is 11.5. The Labute approximate surface area is 152 Å². The van der Waals surface area contributed by atoms with Crippen LogP contribution in [0.25, 0.3) is 0 Å². The minimum atomic E-state index is -3.62. The van der Waals surface area contributed by atoms with E-state index in [1.54, 1.807) is 42.6 Å². The Morgan fingerprint density at radius 2 is 1.54 bits per heavy atom. The summed E-state index contributed by atoms with van der Waals surface area (Å²) in [6.45, 7) is 0. The SMILES string of the molecule is O=S(=O)(c1ccc(Cl)cc1)C1(c2cccnc2Cl)CCCCCC1. The van der Waals surface area contributed by atoms with Gasteiger partial charge in [0.1, 0.15) is 9.90 Å². The molecule has 0 bridgehead atoms. The lowest BCUT2D eigenvalue weighted by atomic mass is 9.91. The van der Waals surface area contributed by atoms with Crippen molar-refractivity contribution >= 4 is 33.0 Å². The molecule has 1 fully saturated rings. The summed E-state index contributed by atoms with van der Waals surface area (Å²) in [7, 11) is -3.62. The lowest BCUT2D eigenvalue weighted by Gasteiger charge is -2.33. The highest BCUT2D eigenvalue weighted by molar-refractivity contribution is 7.92. The molecule has 3 rings (SSSR count). The van der Waals surface area contributed by atoms with Crippen LogP contribution in [0.2, 0.25) is 10.2 Å². The molecule has 1 saturated carbocycles. The molecule has 1 aliphatic carbocycles. The van der Waals surface area contributed by atoms with Crippen molar-refractivity contribution in [1.29, 1.82) is 0 Å². The van der Waals surface area contributed by atoms with Crippen LogP contribution in [-0.4, -0.2) is 13.4 Å². The standard InChI is InChI=1S/C18H19Cl2NO2S/c19-14-7-9-15(10-8-14)24(22,23)18(11-3-1-2-4-12-18)16-6-5-13-21-17(16)20/h5-10,13H,1-4,11-12H2. The number of nitrogens with zero attached hydrogens (tertiary/aromatic N) is 1. The normalized spacial score (nSPS) is 18.1. The van der Waals surface area contributed by atoms with Crippen molar-refractivity contribution in [3.05, 3.63) is 58.3 Å². The van der Waals surface area contributed by atoms with Gasteiger partial charge in [0.2, 0.25) is 0 Å². The van der Waals surface area contributed by atoms with Crippen molar-refractivity contribution in [2.24, 2.45) is 0 Å². The molecule has 24 heavy (non-hydrogen) atoms. The Hall–Kier alpha value is -1.10. The third-order valence-electron chi connectivity index (χ3n) is 4.80. The monoisotopic (exact) mass is 383 g/mol. The number of benzene rings is 1. The predicted octanol–water partition coefficient (Wildman–Crippen LogP) is 5.41. The van der Waals surface area contributed by atoms with Crippen LogP contribution >= 0.6 is 23.2 Å². The maximum atomic E-state index is 13.6. The summed E-state index contributed by atoms with van der Waals surface area (Å²) in [5.41, 5.74) is 0.614. The Balaban J connectivity index is 2.21. The molecule has 1 heterocycles. The van der Waals surface area contributed by atoms with Gasteiger partial charge in [0.15, 0.2) is 9.84 Å². The molecule has 0 N–H and O–H groups in total. The molecule has 0 spiro atoms. The molecule has 0 unspecified atom stereocenters. The highest BCUT2D eigenvalue weighted by atomic mass is 35.5. The number of hydrogen-bond donors (Lipinski definition) is 0. The van der Waals surface area contributed by atoms with Crippen LogP contribution in [0.4, 0.5) is 0 Å². The van der Waals surface area contributed by atoms with Crippen LogP contribution < -0.4 is 0 Å². The van der Waals surface area contributed by atoms with Gasteiger partial charge < -0.3 is 0 Å². The average molecular weight is 384 g/mol. The number of rotatable bonds is 3. The first kappa shape index (κ1) is 17.7. The smallest absolute Gasteiger partial charge is 0.188 e. The summed E-state index contributed by atoms with van der Waals surface area (Å²) in [5, 5.41) is 0.792. The Kier molecular flexibility index (Phi) is 5.19. The van der Waals surface area contributed by atoms with Crippen molar-refractivity contribution in [2.45, 2.75) is 48.2 Å². The quantitative estimate of drug-likeness (QED) is 0.525. The van der Waals surface area contributed by atoms with Gasteiger partial charge in [-0.1, -0.05) is 55.0 Å². The van der Waals surface area contributed by atoms with E-state index in [1.807, 2.05) is 0 Å². The molecule has 2 aromatic rings. The molecule has 1 aliphatic rings. The topological polar surface area (TPSA) is 47.0 Å². The van der Waals surface area contributed by atoms with E-state index in [1.165, 1.54) is 0 Å². The zero-order chi connectivity index (χ0) is 17.2. The van der Waals surface area contributed by atoms with Crippen molar-refractivity contribution in [3.8, 4) is 0 Å². The molecule has 1 aromatic heterocycles. The highest BCUT2D eigenvalue weighted by Gasteiger charge is 2.47. The molecule has 128 valence electrons. The summed E-state index contributed by atoms with van der Waals surface area (Å²) in [6, 6.07) is 9.94. The zero-order valence-electron chi connectivity index (χ0n) is 13.2. The Bertz CT molecular complexity index is 811. The lowest BCUT2D eigenvalue weighted by Crippen LogP contribution is -2.36. The highest BCUT2D eigenvalue weighted by Crippen LogP contribution is 2.47. The summed E-state index contributed by atoms with van der Waals surface area (Å²) in [4.78, 5) is 4.42. The van der Waals surface area contributed by atoms with Crippen LogP contribution in [-0.2, 0) is 14.6 Å². The zero-order valence-corrected chi connectivity index (χ0v) is 15.5. The first-order valence-electron chi connectivity index (χ1n) is 8.09. The summed E-state index contributed by atoms with van der Waals surface area (Å²) in [6.07, 6.45) is 6.50. The van der Waals surface area contributed by atoms with Crippen LogP contribution in [0.1, 0.15) is 44.1 Å². The fourth-order valence-electron chi connectivity index (χ4n) is 3.55. The van der Waals surface area contributed by atoms with Gasteiger partial charge in [-0.15, -0.1) is 0 Å². The maximum Gasteiger partial charge on any atom is 0.188 e.